The molecule has 41 heavy (non-hydrogen) atoms. The van der Waals surface area contributed by atoms with Crippen molar-refractivity contribution < 1.29 is 36.3 Å². The van der Waals surface area contributed by atoms with Gasteiger partial charge in [-0.05, 0) is 25.0 Å². The third-order valence-electron chi connectivity index (χ3n) is 6.89. The number of halogens is 5. The lowest BCUT2D eigenvalue weighted by atomic mass is 9.97. The number of likely N-dealkylation sites (tertiary alicyclic amines) is 1. The van der Waals surface area contributed by atoms with Gasteiger partial charge in [-0.3, -0.25) is 9.48 Å². The fraction of sp³-hybridized carbons (Fsp3) is 0.407. The second-order valence-electron chi connectivity index (χ2n) is 9.47. The van der Waals surface area contributed by atoms with Crippen molar-refractivity contribution in [1.29, 1.82) is 0 Å². The highest BCUT2D eigenvalue weighted by Crippen LogP contribution is 2.38. The van der Waals surface area contributed by atoms with Gasteiger partial charge in [-0.2, -0.15) is 5.10 Å². The summed E-state index contributed by atoms with van der Waals surface area (Å²) in [6.45, 7) is 0.0865. The Bertz CT molecular complexity index is 1480. The Kier molecular flexibility index (Phi) is 8.53. The molecule has 5 rings (SSSR count). The number of ether oxygens (including phenoxy) is 1. The highest BCUT2D eigenvalue weighted by Gasteiger charge is 2.31. The van der Waals surface area contributed by atoms with Crippen LogP contribution >= 0.6 is 11.3 Å². The molecule has 0 radical (unpaired) electrons. The third-order valence-corrected chi connectivity index (χ3v) is 7.90. The lowest BCUT2D eigenvalue weighted by Gasteiger charge is -2.31. The summed E-state index contributed by atoms with van der Waals surface area (Å²) in [6.07, 6.45) is 0.167. The van der Waals surface area contributed by atoms with Crippen molar-refractivity contribution in [1.82, 2.24) is 19.7 Å². The van der Waals surface area contributed by atoms with Crippen LogP contribution in [0.5, 0.6) is 5.75 Å². The smallest absolute Gasteiger partial charge is 0.282 e. The number of alkyl halides is 4. The van der Waals surface area contributed by atoms with E-state index in [9.17, 15) is 26.7 Å². The molecule has 14 heteroatoms. The Hall–Kier alpha value is -3.99. The predicted molar refractivity (Wildman–Crippen MR) is 139 cm³/mol. The molecule has 1 atom stereocenters. The van der Waals surface area contributed by atoms with Gasteiger partial charge in [0, 0.05) is 36.4 Å². The van der Waals surface area contributed by atoms with Crippen LogP contribution in [-0.2, 0) is 16.2 Å². The molecule has 2 aliphatic rings. The molecule has 4 heterocycles. The van der Waals surface area contributed by atoms with Crippen molar-refractivity contribution >= 4 is 23.0 Å². The monoisotopic (exact) mass is 593 g/mol. The van der Waals surface area contributed by atoms with Crippen LogP contribution in [0.25, 0.3) is 0 Å². The third kappa shape index (κ3) is 6.19. The minimum atomic E-state index is -3.03. The molecular formula is C27H24F5N5O3S. The summed E-state index contributed by atoms with van der Waals surface area (Å²) in [5, 5.41) is 10.4. The van der Waals surface area contributed by atoms with Crippen LogP contribution in [0.2, 0.25) is 0 Å². The summed E-state index contributed by atoms with van der Waals surface area (Å²) in [5.74, 6) is 1.39. The van der Waals surface area contributed by atoms with Gasteiger partial charge >= 0.3 is 0 Å². The molecule has 8 nitrogen and oxygen atoms in total. The van der Waals surface area contributed by atoms with Gasteiger partial charge in [0.15, 0.2) is 17.7 Å². The number of amides is 1. The molecule has 1 unspecified atom stereocenters. The second-order valence-corrected chi connectivity index (χ2v) is 10.4. The number of aromatic nitrogens is 3. The Balaban J connectivity index is 1.18. The van der Waals surface area contributed by atoms with E-state index < -0.39 is 48.6 Å². The van der Waals surface area contributed by atoms with Crippen LogP contribution in [0.4, 0.5) is 22.0 Å². The zero-order chi connectivity index (χ0) is 29.1. The SMILES string of the molecule is C#CCOc1c(F)cccc1C1CC(c2csc(C3CCN(C(=O)Cn4nc(C(F)F)cc4C(F)F)CC3)n2)=NO1. The van der Waals surface area contributed by atoms with Crippen LogP contribution in [-0.4, -0.2) is 51.0 Å². The number of carbonyl (C=O) groups excluding carboxylic acids is 1. The molecule has 0 saturated carbocycles. The van der Waals surface area contributed by atoms with Gasteiger partial charge in [0.25, 0.3) is 12.9 Å². The number of para-hydroxylation sites is 1. The largest absolute Gasteiger partial charge is 0.477 e. The van der Waals surface area contributed by atoms with Gasteiger partial charge in [0.1, 0.15) is 30.3 Å². The summed E-state index contributed by atoms with van der Waals surface area (Å²) in [4.78, 5) is 24.6. The molecule has 1 aromatic carbocycles. The maximum absolute atomic E-state index is 14.3. The molecule has 3 aromatic rings. The number of oxime groups is 1. The normalized spacial score (nSPS) is 17.6. The first-order chi connectivity index (χ1) is 19.7. The van der Waals surface area contributed by atoms with Crippen molar-refractivity contribution in [3.05, 3.63) is 63.1 Å². The lowest BCUT2D eigenvalue weighted by molar-refractivity contribution is -0.133. The molecule has 0 bridgehead atoms. The van der Waals surface area contributed by atoms with Gasteiger partial charge in [0.2, 0.25) is 5.91 Å². The Morgan fingerprint density at radius 1 is 1.22 bits per heavy atom. The van der Waals surface area contributed by atoms with E-state index in [1.807, 2.05) is 5.38 Å². The van der Waals surface area contributed by atoms with E-state index in [-0.39, 0.29) is 18.3 Å². The highest BCUT2D eigenvalue weighted by atomic mass is 32.1. The molecular weight excluding hydrogens is 569 g/mol. The average molecular weight is 594 g/mol. The first-order valence-electron chi connectivity index (χ1n) is 12.7. The summed E-state index contributed by atoms with van der Waals surface area (Å²) in [5.41, 5.74) is 0.237. The number of piperidine rings is 1. The van der Waals surface area contributed by atoms with E-state index in [1.165, 1.54) is 22.3 Å². The van der Waals surface area contributed by atoms with Crippen LogP contribution < -0.4 is 4.74 Å². The summed E-state index contributed by atoms with van der Waals surface area (Å²) < 4.78 is 72.7. The van der Waals surface area contributed by atoms with Crippen molar-refractivity contribution in [2.24, 2.45) is 5.16 Å². The molecule has 2 aliphatic heterocycles. The molecule has 1 fully saturated rings. The van der Waals surface area contributed by atoms with Gasteiger partial charge in [-0.1, -0.05) is 23.2 Å². The number of hydrogen-bond donors (Lipinski definition) is 0. The summed E-state index contributed by atoms with van der Waals surface area (Å²) >= 11 is 1.45. The first kappa shape index (κ1) is 28.5. The number of rotatable bonds is 9. The van der Waals surface area contributed by atoms with E-state index in [4.69, 9.17) is 21.0 Å². The number of thiazole rings is 1. The number of carbonyl (C=O) groups is 1. The highest BCUT2D eigenvalue weighted by molar-refractivity contribution is 7.10. The Morgan fingerprint density at radius 2 is 2.00 bits per heavy atom. The Labute approximate surface area is 235 Å². The lowest BCUT2D eigenvalue weighted by Crippen LogP contribution is -2.40. The zero-order valence-corrected chi connectivity index (χ0v) is 22.3. The maximum atomic E-state index is 14.3. The molecule has 2 aromatic heterocycles. The van der Waals surface area contributed by atoms with Crippen molar-refractivity contribution in [3.8, 4) is 18.1 Å². The predicted octanol–water partition coefficient (Wildman–Crippen LogP) is 5.64. The summed E-state index contributed by atoms with van der Waals surface area (Å²) in [6, 6.07) is 5.15. The van der Waals surface area contributed by atoms with Crippen LogP contribution in [0, 0.1) is 18.2 Å². The van der Waals surface area contributed by atoms with E-state index >= 15 is 0 Å². The van der Waals surface area contributed by atoms with Crippen molar-refractivity contribution in [2.75, 3.05) is 19.7 Å². The van der Waals surface area contributed by atoms with Crippen LogP contribution in [0.1, 0.15) is 71.8 Å². The standard InChI is InChI=1S/C27H24F5N5O3S/c1-2-10-39-24-16(4-3-5-17(24)28)22-12-18(35-40-22)20-14-41-27(33-20)15-6-8-36(9-7-15)23(38)13-37-21(26(31)32)11-19(34-37)25(29)30/h1,3-5,11,14-15,22,25-26H,6-10,12-13H2. The topological polar surface area (TPSA) is 81.8 Å². The Morgan fingerprint density at radius 3 is 2.71 bits per heavy atom. The van der Waals surface area contributed by atoms with E-state index in [2.05, 4.69) is 16.2 Å². The van der Waals surface area contributed by atoms with Crippen molar-refractivity contribution in [2.45, 2.75) is 50.7 Å². The second kappa shape index (κ2) is 12.3. The van der Waals surface area contributed by atoms with E-state index in [1.54, 1.807) is 12.1 Å². The van der Waals surface area contributed by atoms with E-state index in [0.29, 0.717) is 60.1 Å². The number of terminal acetylenes is 1. The van der Waals surface area contributed by atoms with Gasteiger partial charge < -0.3 is 14.5 Å². The molecule has 0 aliphatic carbocycles. The minimum Gasteiger partial charge on any atom is -0.477 e. The first-order valence-corrected chi connectivity index (χ1v) is 13.6. The summed E-state index contributed by atoms with van der Waals surface area (Å²) in [7, 11) is 0. The molecule has 1 amide bonds. The van der Waals surface area contributed by atoms with Crippen molar-refractivity contribution in [3.63, 3.8) is 0 Å². The number of benzene rings is 1. The van der Waals surface area contributed by atoms with Crippen LogP contribution in [0.15, 0.2) is 34.8 Å². The fourth-order valence-electron chi connectivity index (χ4n) is 4.81. The van der Waals surface area contributed by atoms with Crippen LogP contribution in [0.3, 0.4) is 0 Å². The zero-order valence-electron chi connectivity index (χ0n) is 21.5. The number of hydrogen-bond acceptors (Lipinski definition) is 7. The van der Waals surface area contributed by atoms with Gasteiger partial charge in [-0.25, -0.2) is 26.9 Å². The maximum Gasteiger partial charge on any atom is 0.282 e. The molecule has 0 N–H and O–H groups in total. The molecule has 0 spiro atoms. The fourth-order valence-corrected chi connectivity index (χ4v) is 5.81. The molecule has 1 saturated heterocycles. The quantitative estimate of drug-likeness (QED) is 0.237. The molecule has 216 valence electrons. The average Bonchev–Trinajstić information content (AvgIpc) is 3.72. The van der Waals surface area contributed by atoms with Gasteiger partial charge in [-0.15, -0.1) is 17.8 Å². The van der Waals surface area contributed by atoms with Gasteiger partial charge in [0.05, 0.1) is 10.7 Å². The number of nitrogens with zero attached hydrogens (tertiary/aromatic N) is 5. The minimum absolute atomic E-state index is 0.0274. The van der Waals surface area contributed by atoms with E-state index in [0.717, 1.165) is 5.01 Å².